The van der Waals surface area contributed by atoms with Gasteiger partial charge in [-0.05, 0) is 6.92 Å². The van der Waals surface area contributed by atoms with Gasteiger partial charge in [-0.25, -0.2) is 5.10 Å². The van der Waals surface area contributed by atoms with Gasteiger partial charge in [0.25, 0.3) is 0 Å². The Morgan fingerprint density at radius 1 is 1.21 bits per heavy atom. The molecule has 0 atom stereocenters. The maximum absolute atomic E-state index is 11.8. The molecule has 6 heteroatoms. The van der Waals surface area contributed by atoms with Crippen molar-refractivity contribution in [3.63, 3.8) is 0 Å². The van der Waals surface area contributed by atoms with Crippen molar-refractivity contribution in [1.82, 2.24) is 15.2 Å². The molecule has 0 aliphatic rings. The zero-order chi connectivity index (χ0) is 13.7. The molecule has 0 saturated carbocycles. The van der Waals surface area contributed by atoms with Gasteiger partial charge in [-0.3, -0.25) is 14.9 Å². The number of hydrogen-bond acceptors (Lipinski definition) is 4. The molecule has 1 aromatic heterocycles. The van der Waals surface area contributed by atoms with Gasteiger partial charge < -0.3 is 0 Å². The van der Waals surface area contributed by atoms with Gasteiger partial charge in [0.2, 0.25) is 11.9 Å². The minimum Gasteiger partial charge on any atom is -0.295 e. The van der Waals surface area contributed by atoms with Crippen LogP contribution in [-0.4, -0.2) is 26.9 Å². The van der Waals surface area contributed by atoms with Crippen LogP contribution in [0.1, 0.15) is 28.8 Å². The van der Waals surface area contributed by atoms with E-state index < -0.39 is 0 Å². The molecule has 1 aromatic carbocycles. The monoisotopic (exact) mass is 258 g/mol. The molecular weight excluding hydrogens is 244 g/mol. The van der Waals surface area contributed by atoms with E-state index in [1.807, 2.05) is 19.1 Å². The maximum atomic E-state index is 11.8. The van der Waals surface area contributed by atoms with Crippen LogP contribution in [0, 0.1) is 6.92 Å². The van der Waals surface area contributed by atoms with E-state index in [0.29, 0.717) is 5.56 Å². The summed E-state index contributed by atoms with van der Waals surface area (Å²) in [5.41, 5.74) is 1.72. The number of nitrogens with one attached hydrogen (secondary N) is 2. The number of H-pyrrole nitrogens is 1. The summed E-state index contributed by atoms with van der Waals surface area (Å²) >= 11 is 0. The summed E-state index contributed by atoms with van der Waals surface area (Å²) < 4.78 is 0. The van der Waals surface area contributed by atoms with Gasteiger partial charge in [0.1, 0.15) is 6.33 Å². The third-order valence-corrected chi connectivity index (χ3v) is 2.63. The summed E-state index contributed by atoms with van der Waals surface area (Å²) in [6.07, 6.45) is 1.59. The zero-order valence-corrected chi connectivity index (χ0v) is 10.5. The van der Waals surface area contributed by atoms with Crippen molar-refractivity contribution in [3.05, 3.63) is 41.7 Å². The number of anilines is 1. The van der Waals surface area contributed by atoms with Crippen LogP contribution in [0.15, 0.2) is 30.6 Å². The lowest BCUT2D eigenvalue weighted by Crippen LogP contribution is -2.14. The number of amides is 1. The van der Waals surface area contributed by atoms with Crippen LogP contribution in [0.4, 0.5) is 5.95 Å². The average molecular weight is 258 g/mol. The van der Waals surface area contributed by atoms with E-state index in [1.54, 1.807) is 12.1 Å². The molecule has 1 heterocycles. The van der Waals surface area contributed by atoms with Gasteiger partial charge in [0.15, 0.2) is 5.78 Å². The van der Waals surface area contributed by atoms with E-state index >= 15 is 0 Å². The molecule has 98 valence electrons. The standard InChI is InChI=1S/C13H14N4O2/c1-9-2-4-10(5-3-9)11(18)6-7-12(19)16-13-14-8-15-17-13/h2-5,8H,6-7H2,1H3,(H2,14,15,16,17,19). The lowest BCUT2D eigenvalue weighted by molar-refractivity contribution is -0.116. The van der Waals surface area contributed by atoms with E-state index in [0.717, 1.165) is 5.56 Å². The molecule has 0 bridgehead atoms. The number of carbonyl (C=O) groups is 2. The number of aryl methyl sites for hydroxylation is 1. The number of aromatic nitrogens is 3. The van der Waals surface area contributed by atoms with Crippen molar-refractivity contribution < 1.29 is 9.59 Å². The average Bonchev–Trinajstić information content (AvgIpc) is 2.89. The second kappa shape index (κ2) is 5.90. The predicted octanol–water partition coefficient (Wildman–Crippen LogP) is 1.71. The topological polar surface area (TPSA) is 87.7 Å². The van der Waals surface area contributed by atoms with E-state index in [4.69, 9.17) is 0 Å². The van der Waals surface area contributed by atoms with Crippen molar-refractivity contribution >= 4 is 17.6 Å². The van der Waals surface area contributed by atoms with Crippen molar-refractivity contribution in [1.29, 1.82) is 0 Å². The van der Waals surface area contributed by atoms with Gasteiger partial charge in [-0.2, -0.15) is 10.1 Å². The lowest BCUT2D eigenvalue weighted by atomic mass is 10.1. The summed E-state index contributed by atoms with van der Waals surface area (Å²) in [6, 6.07) is 7.29. The number of nitrogens with zero attached hydrogens (tertiary/aromatic N) is 2. The number of carbonyl (C=O) groups excluding carboxylic acids is 2. The zero-order valence-electron chi connectivity index (χ0n) is 10.5. The van der Waals surface area contributed by atoms with Crippen molar-refractivity contribution in [2.24, 2.45) is 0 Å². The number of hydrogen-bond donors (Lipinski definition) is 2. The number of benzene rings is 1. The van der Waals surface area contributed by atoms with Crippen LogP contribution in [0.25, 0.3) is 0 Å². The molecule has 2 rings (SSSR count). The molecule has 19 heavy (non-hydrogen) atoms. The third-order valence-electron chi connectivity index (χ3n) is 2.63. The summed E-state index contributed by atoms with van der Waals surface area (Å²) in [7, 11) is 0. The highest BCUT2D eigenvalue weighted by atomic mass is 16.2. The van der Waals surface area contributed by atoms with Gasteiger partial charge in [-0.15, -0.1) is 0 Å². The number of Topliss-reactive ketones (excluding diaryl/α,β-unsaturated/α-hetero) is 1. The summed E-state index contributed by atoms with van der Waals surface area (Å²) in [6.45, 7) is 1.96. The first-order chi connectivity index (χ1) is 9.15. The Bertz CT molecular complexity index is 561. The summed E-state index contributed by atoms with van der Waals surface area (Å²) in [5.74, 6) is -0.0299. The van der Waals surface area contributed by atoms with Crippen molar-refractivity contribution in [3.8, 4) is 0 Å². The molecule has 2 aromatic rings. The molecule has 0 spiro atoms. The molecule has 0 saturated heterocycles. The fourth-order valence-electron chi connectivity index (χ4n) is 1.57. The Morgan fingerprint density at radius 3 is 2.58 bits per heavy atom. The number of aromatic amines is 1. The second-order valence-electron chi connectivity index (χ2n) is 4.17. The Morgan fingerprint density at radius 2 is 1.95 bits per heavy atom. The van der Waals surface area contributed by atoms with Crippen LogP contribution in [0.5, 0.6) is 0 Å². The van der Waals surface area contributed by atoms with E-state index in [-0.39, 0.29) is 30.5 Å². The Kier molecular flexibility index (Phi) is 4.02. The molecule has 6 nitrogen and oxygen atoms in total. The van der Waals surface area contributed by atoms with Crippen molar-refractivity contribution in [2.75, 3.05) is 5.32 Å². The highest BCUT2D eigenvalue weighted by Gasteiger charge is 2.10. The molecule has 0 aliphatic carbocycles. The molecule has 0 aliphatic heterocycles. The molecule has 1 amide bonds. The quantitative estimate of drug-likeness (QED) is 0.799. The number of rotatable bonds is 5. The van der Waals surface area contributed by atoms with Crippen LogP contribution < -0.4 is 5.32 Å². The van der Waals surface area contributed by atoms with Crippen LogP contribution in [0.3, 0.4) is 0 Å². The molecule has 0 fully saturated rings. The van der Waals surface area contributed by atoms with Gasteiger partial charge in [-0.1, -0.05) is 29.8 Å². The Labute approximate surface area is 110 Å². The van der Waals surface area contributed by atoms with Gasteiger partial charge >= 0.3 is 0 Å². The number of ketones is 1. The minimum atomic E-state index is -0.266. The molecular formula is C13H14N4O2. The molecule has 0 unspecified atom stereocenters. The van der Waals surface area contributed by atoms with Crippen LogP contribution in [0.2, 0.25) is 0 Å². The maximum Gasteiger partial charge on any atom is 0.227 e. The SMILES string of the molecule is Cc1ccc(C(=O)CCC(=O)Nc2ncn[nH]2)cc1. The summed E-state index contributed by atoms with van der Waals surface area (Å²) in [5, 5.41) is 8.64. The fourth-order valence-corrected chi connectivity index (χ4v) is 1.57. The highest BCUT2D eigenvalue weighted by molar-refractivity contribution is 5.99. The lowest BCUT2D eigenvalue weighted by Gasteiger charge is -2.02. The van der Waals surface area contributed by atoms with Gasteiger partial charge in [0.05, 0.1) is 0 Å². The third kappa shape index (κ3) is 3.74. The second-order valence-corrected chi connectivity index (χ2v) is 4.17. The van der Waals surface area contributed by atoms with Crippen molar-refractivity contribution in [2.45, 2.75) is 19.8 Å². The van der Waals surface area contributed by atoms with E-state index in [9.17, 15) is 9.59 Å². The fraction of sp³-hybridized carbons (Fsp3) is 0.231. The highest BCUT2D eigenvalue weighted by Crippen LogP contribution is 2.08. The first-order valence-electron chi connectivity index (χ1n) is 5.90. The van der Waals surface area contributed by atoms with E-state index in [1.165, 1.54) is 6.33 Å². The predicted molar refractivity (Wildman–Crippen MR) is 69.8 cm³/mol. The Balaban J connectivity index is 1.83. The summed E-state index contributed by atoms with van der Waals surface area (Å²) in [4.78, 5) is 27.2. The molecule has 0 radical (unpaired) electrons. The molecule has 2 N–H and O–H groups in total. The largest absolute Gasteiger partial charge is 0.295 e. The first-order valence-corrected chi connectivity index (χ1v) is 5.90. The van der Waals surface area contributed by atoms with Crippen LogP contribution in [-0.2, 0) is 4.79 Å². The Hall–Kier alpha value is -2.50. The first kappa shape index (κ1) is 12.9. The smallest absolute Gasteiger partial charge is 0.227 e. The van der Waals surface area contributed by atoms with E-state index in [2.05, 4.69) is 20.5 Å². The van der Waals surface area contributed by atoms with Gasteiger partial charge in [0, 0.05) is 18.4 Å². The normalized spacial score (nSPS) is 10.2. The van der Waals surface area contributed by atoms with Crippen LogP contribution >= 0.6 is 0 Å². The minimum absolute atomic E-state index is 0.0484.